The van der Waals surface area contributed by atoms with Crippen LogP contribution in [0.1, 0.15) is 15.9 Å². The summed E-state index contributed by atoms with van der Waals surface area (Å²) in [6.45, 7) is 0. The maximum atomic E-state index is 12.0. The van der Waals surface area contributed by atoms with E-state index in [1.807, 2.05) is 6.07 Å². The highest BCUT2D eigenvalue weighted by molar-refractivity contribution is 7.14. The number of aromatic nitrogens is 1. The fraction of sp³-hybridized carbons (Fsp3) is 0. The van der Waals surface area contributed by atoms with Gasteiger partial charge in [-0.05, 0) is 17.5 Å². The standard InChI is InChI=1S/C11H7ClN4OS/c12-9-8(3-7(14)5-15-9)10(17)16-11-6(4-13)1-2-18-11/h1-3,5H,14H2,(H,16,17). The number of rotatable bonds is 2. The molecule has 2 heterocycles. The van der Waals surface area contributed by atoms with Gasteiger partial charge in [0.15, 0.2) is 0 Å². The number of nitrogens with one attached hydrogen (secondary N) is 1. The molecule has 0 saturated carbocycles. The second kappa shape index (κ2) is 5.04. The molecule has 0 fully saturated rings. The van der Waals surface area contributed by atoms with Crippen molar-refractivity contribution in [2.45, 2.75) is 0 Å². The first-order valence-electron chi connectivity index (χ1n) is 4.82. The molecule has 2 rings (SSSR count). The number of carbonyl (C=O) groups is 1. The minimum atomic E-state index is -0.446. The Labute approximate surface area is 112 Å². The third kappa shape index (κ3) is 2.42. The van der Waals surface area contributed by atoms with Crippen LogP contribution in [-0.4, -0.2) is 10.9 Å². The van der Waals surface area contributed by atoms with Gasteiger partial charge in [0.05, 0.1) is 23.0 Å². The molecule has 0 aromatic carbocycles. The van der Waals surface area contributed by atoms with Gasteiger partial charge in [-0.1, -0.05) is 11.6 Å². The third-order valence-corrected chi connectivity index (χ3v) is 3.25. The lowest BCUT2D eigenvalue weighted by molar-refractivity contribution is 0.102. The van der Waals surface area contributed by atoms with Crippen molar-refractivity contribution in [1.29, 1.82) is 5.26 Å². The number of carbonyl (C=O) groups excluding carboxylic acids is 1. The number of nitriles is 1. The molecule has 0 spiro atoms. The molecule has 2 aromatic heterocycles. The lowest BCUT2D eigenvalue weighted by atomic mass is 10.2. The molecule has 0 aliphatic carbocycles. The zero-order valence-electron chi connectivity index (χ0n) is 8.98. The summed E-state index contributed by atoms with van der Waals surface area (Å²) in [5.41, 5.74) is 6.47. The maximum Gasteiger partial charge on any atom is 0.259 e. The van der Waals surface area contributed by atoms with Gasteiger partial charge in [-0.2, -0.15) is 5.26 Å². The van der Waals surface area contributed by atoms with Crippen molar-refractivity contribution in [3.05, 3.63) is 40.0 Å². The molecule has 5 nitrogen and oxygen atoms in total. The van der Waals surface area contributed by atoms with E-state index < -0.39 is 5.91 Å². The van der Waals surface area contributed by atoms with Crippen LogP contribution < -0.4 is 11.1 Å². The Morgan fingerprint density at radius 2 is 2.39 bits per heavy atom. The van der Waals surface area contributed by atoms with Crippen molar-refractivity contribution in [2.24, 2.45) is 0 Å². The normalized spacial score (nSPS) is 9.78. The van der Waals surface area contributed by atoms with E-state index in [2.05, 4.69) is 10.3 Å². The first-order valence-corrected chi connectivity index (χ1v) is 6.07. The average molecular weight is 279 g/mol. The Morgan fingerprint density at radius 1 is 1.61 bits per heavy atom. The summed E-state index contributed by atoms with van der Waals surface area (Å²) >= 11 is 7.07. The Balaban J connectivity index is 2.28. The molecule has 0 radical (unpaired) electrons. The van der Waals surface area contributed by atoms with Crippen molar-refractivity contribution in [1.82, 2.24) is 4.98 Å². The second-order valence-corrected chi connectivity index (χ2v) is 4.61. The van der Waals surface area contributed by atoms with E-state index >= 15 is 0 Å². The van der Waals surface area contributed by atoms with Crippen molar-refractivity contribution in [3.63, 3.8) is 0 Å². The van der Waals surface area contributed by atoms with Gasteiger partial charge < -0.3 is 11.1 Å². The maximum absolute atomic E-state index is 12.0. The topological polar surface area (TPSA) is 91.8 Å². The predicted octanol–water partition coefficient (Wildman–Crippen LogP) is 2.50. The molecule has 0 unspecified atom stereocenters. The monoisotopic (exact) mass is 278 g/mol. The van der Waals surface area contributed by atoms with E-state index in [0.717, 1.165) is 0 Å². The van der Waals surface area contributed by atoms with Crippen LogP contribution in [0.5, 0.6) is 0 Å². The molecule has 18 heavy (non-hydrogen) atoms. The SMILES string of the molecule is N#Cc1ccsc1NC(=O)c1cc(N)cnc1Cl. The number of halogens is 1. The van der Waals surface area contributed by atoms with Crippen molar-refractivity contribution < 1.29 is 4.79 Å². The number of amides is 1. The molecule has 0 saturated heterocycles. The lowest BCUT2D eigenvalue weighted by Gasteiger charge is -2.05. The third-order valence-electron chi connectivity index (χ3n) is 2.12. The summed E-state index contributed by atoms with van der Waals surface area (Å²) in [6, 6.07) is 5.04. The zero-order valence-corrected chi connectivity index (χ0v) is 10.5. The largest absolute Gasteiger partial charge is 0.397 e. The van der Waals surface area contributed by atoms with Gasteiger partial charge in [-0.3, -0.25) is 4.79 Å². The number of nitrogens with zero attached hydrogens (tertiary/aromatic N) is 2. The Morgan fingerprint density at radius 3 is 3.11 bits per heavy atom. The quantitative estimate of drug-likeness (QED) is 0.826. The molecule has 0 aliphatic rings. The van der Waals surface area contributed by atoms with E-state index in [0.29, 0.717) is 16.3 Å². The summed E-state index contributed by atoms with van der Waals surface area (Å²) in [4.78, 5) is 15.7. The number of pyridine rings is 1. The van der Waals surface area contributed by atoms with Gasteiger partial charge in [0.1, 0.15) is 16.2 Å². The second-order valence-electron chi connectivity index (χ2n) is 3.34. The van der Waals surface area contributed by atoms with Gasteiger partial charge >= 0.3 is 0 Å². The molecular formula is C11H7ClN4OS. The summed E-state index contributed by atoms with van der Waals surface area (Å²) in [7, 11) is 0. The summed E-state index contributed by atoms with van der Waals surface area (Å²) < 4.78 is 0. The van der Waals surface area contributed by atoms with E-state index in [4.69, 9.17) is 22.6 Å². The highest BCUT2D eigenvalue weighted by Crippen LogP contribution is 2.24. The van der Waals surface area contributed by atoms with Crippen molar-refractivity contribution in [2.75, 3.05) is 11.1 Å². The Hall–Kier alpha value is -2.10. The van der Waals surface area contributed by atoms with Gasteiger partial charge in [-0.15, -0.1) is 11.3 Å². The van der Waals surface area contributed by atoms with E-state index in [1.165, 1.54) is 23.6 Å². The van der Waals surface area contributed by atoms with E-state index in [-0.39, 0.29) is 10.7 Å². The van der Waals surface area contributed by atoms with Gasteiger partial charge in [-0.25, -0.2) is 4.98 Å². The number of anilines is 2. The molecule has 0 bridgehead atoms. The number of hydrogen-bond donors (Lipinski definition) is 2. The van der Waals surface area contributed by atoms with Crippen molar-refractivity contribution in [3.8, 4) is 6.07 Å². The van der Waals surface area contributed by atoms with Crippen LogP contribution in [0.2, 0.25) is 5.15 Å². The molecular weight excluding hydrogens is 272 g/mol. The van der Waals surface area contributed by atoms with Crippen molar-refractivity contribution >= 4 is 39.5 Å². The van der Waals surface area contributed by atoms with Crippen LogP contribution in [0.3, 0.4) is 0 Å². The molecule has 7 heteroatoms. The molecule has 90 valence electrons. The van der Waals surface area contributed by atoms with Crippen LogP contribution in [0.15, 0.2) is 23.7 Å². The number of thiophene rings is 1. The molecule has 0 atom stereocenters. The van der Waals surface area contributed by atoms with Crippen LogP contribution in [0.4, 0.5) is 10.7 Å². The molecule has 2 aromatic rings. The summed E-state index contributed by atoms with van der Waals surface area (Å²) in [6.07, 6.45) is 1.37. The Kier molecular flexibility index (Phi) is 3.46. The fourth-order valence-electron chi connectivity index (χ4n) is 1.29. The van der Waals surface area contributed by atoms with Gasteiger partial charge in [0.25, 0.3) is 5.91 Å². The first kappa shape index (κ1) is 12.4. The number of nitrogen functional groups attached to an aromatic ring is 1. The number of hydrogen-bond acceptors (Lipinski definition) is 5. The van der Waals surface area contributed by atoms with E-state index in [9.17, 15) is 4.79 Å². The summed E-state index contributed by atoms with van der Waals surface area (Å²) in [5, 5.41) is 13.7. The van der Waals surface area contributed by atoms with Gasteiger partial charge in [0, 0.05) is 0 Å². The van der Waals surface area contributed by atoms with Crippen LogP contribution in [0, 0.1) is 11.3 Å². The highest BCUT2D eigenvalue weighted by Gasteiger charge is 2.14. The smallest absolute Gasteiger partial charge is 0.259 e. The van der Waals surface area contributed by atoms with Crippen LogP contribution >= 0.6 is 22.9 Å². The Bertz CT molecular complexity index is 647. The van der Waals surface area contributed by atoms with Gasteiger partial charge in [0.2, 0.25) is 0 Å². The molecule has 0 aliphatic heterocycles. The zero-order chi connectivity index (χ0) is 13.1. The molecule has 3 N–H and O–H groups in total. The average Bonchev–Trinajstić information content (AvgIpc) is 2.79. The first-order chi connectivity index (χ1) is 8.61. The number of nitrogens with two attached hydrogens (primary N) is 1. The van der Waals surface area contributed by atoms with E-state index in [1.54, 1.807) is 11.4 Å². The lowest BCUT2D eigenvalue weighted by Crippen LogP contribution is -2.13. The predicted molar refractivity (Wildman–Crippen MR) is 70.6 cm³/mol. The fourth-order valence-corrected chi connectivity index (χ4v) is 2.21. The molecule has 1 amide bonds. The minimum absolute atomic E-state index is 0.0664. The minimum Gasteiger partial charge on any atom is -0.397 e. The summed E-state index contributed by atoms with van der Waals surface area (Å²) in [5.74, 6) is -0.446. The highest BCUT2D eigenvalue weighted by atomic mass is 35.5. The van der Waals surface area contributed by atoms with Crippen LogP contribution in [-0.2, 0) is 0 Å². The van der Waals surface area contributed by atoms with Crippen LogP contribution in [0.25, 0.3) is 0 Å².